The fraction of sp³-hybridized carbons (Fsp3) is 1.00. The Morgan fingerprint density at radius 1 is 0.889 bits per heavy atom. The zero-order chi connectivity index (χ0) is 6.83. The average molecular weight is 299 g/mol. The molecule has 0 rings (SSSR count). The molecular weight excluding hydrogens is 279 g/mol. The molecule has 0 aromatic carbocycles. The standard InChI is InChI=1S/2C3H9N.Hf/c2*1-3-4-2;/h2*4H,3H2,1-2H3;/q;;+4/p+2. The SMILES string of the molecule is CC[NH2+]C.CC[NH2+]C.[Hf+4]. The first kappa shape index (κ1) is 16.4. The molecule has 0 aromatic rings. The Morgan fingerprint density at radius 2 is 1.00 bits per heavy atom. The van der Waals surface area contributed by atoms with Crippen molar-refractivity contribution in [2.24, 2.45) is 0 Å². The molecule has 0 aliphatic heterocycles. The van der Waals surface area contributed by atoms with Crippen LogP contribution in [-0.4, -0.2) is 27.2 Å². The van der Waals surface area contributed by atoms with E-state index in [1.54, 1.807) is 0 Å². The van der Waals surface area contributed by atoms with E-state index in [-0.39, 0.29) is 25.8 Å². The Labute approximate surface area is 77.6 Å². The van der Waals surface area contributed by atoms with Gasteiger partial charge >= 0.3 is 25.8 Å². The van der Waals surface area contributed by atoms with Gasteiger partial charge in [0, 0.05) is 0 Å². The third-order valence-corrected chi connectivity index (χ3v) is 0.816. The minimum atomic E-state index is 0. The van der Waals surface area contributed by atoms with Crippen LogP contribution in [0, 0.1) is 0 Å². The first-order valence-corrected chi connectivity index (χ1v) is 3.39. The average Bonchev–Trinajstić information content (AvgIpc) is 1.88. The predicted molar refractivity (Wildman–Crippen MR) is 36.8 cm³/mol. The minimum Gasteiger partial charge on any atom is -0.349 e. The molecule has 0 saturated carbocycles. The second kappa shape index (κ2) is 23.2. The van der Waals surface area contributed by atoms with Crippen molar-refractivity contribution in [1.29, 1.82) is 0 Å². The van der Waals surface area contributed by atoms with E-state index < -0.39 is 0 Å². The first-order chi connectivity index (χ1) is 3.83. The zero-order valence-electron chi connectivity index (χ0n) is 7.07. The number of hydrogen-bond acceptors (Lipinski definition) is 0. The molecule has 0 atom stereocenters. The molecule has 0 aromatic heterocycles. The van der Waals surface area contributed by atoms with E-state index in [9.17, 15) is 0 Å². The molecular formula is C6H20HfN2+6. The van der Waals surface area contributed by atoms with Gasteiger partial charge in [0.2, 0.25) is 0 Å². The Bertz CT molecular complexity index is 19.0. The van der Waals surface area contributed by atoms with Gasteiger partial charge in [-0.2, -0.15) is 0 Å². The Hall–Kier alpha value is 0.790. The van der Waals surface area contributed by atoms with Gasteiger partial charge in [0.05, 0.1) is 27.2 Å². The van der Waals surface area contributed by atoms with Crippen LogP contribution in [0.25, 0.3) is 0 Å². The van der Waals surface area contributed by atoms with Gasteiger partial charge in [0.25, 0.3) is 0 Å². The van der Waals surface area contributed by atoms with E-state index in [4.69, 9.17) is 0 Å². The molecule has 52 valence electrons. The number of hydrogen-bond donors (Lipinski definition) is 2. The van der Waals surface area contributed by atoms with Crippen LogP contribution in [0.5, 0.6) is 0 Å². The quantitative estimate of drug-likeness (QED) is 0.576. The van der Waals surface area contributed by atoms with Crippen molar-refractivity contribution in [1.82, 2.24) is 0 Å². The van der Waals surface area contributed by atoms with Crippen LogP contribution >= 0.6 is 0 Å². The van der Waals surface area contributed by atoms with Gasteiger partial charge in [-0.15, -0.1) is 0 Å². The third kappa shape index (κ3) is 52.1. The van der Waals surface area contributed by atoms with Gasteiger partial charge in [0.1, 0.15) is 0 Å². The van der Waals surface area contributed by atoms with Crippen molar-refractivity contribution < 1.29 is 36.5 Å². The number of quaternary nitrogens is 2. The van der Waals surface area contributed by atoms with Gasteiger partial charge in [0.15, 0.2) is 0 Å². The summed E-state index contributed by atoms with van der Waals surface area (Å²) < 4.78 is 0. The van der Waals surface area contributed by atoms with Crippen molar-refractivity contribution >= 4 is 0 Å². The summed E-state index contributed by atoms with van der Waals surface area (Å²) in [6, 6.07) is 0. The second-order valence-corrected chi connectivity index (χ2v) is 1.63. The van der Waals surface area contributed by atoms with Gasteiger partial charge < -0.3 is 10.6 Å². The van der Waals surface area contributed by atoms with Crippen LogP contribution in [0.3, 0.4) is 0 Å². The van der Waals surface area contributed by atoms with E-state index in [1.165, 1.54) is 13.1 Å². The summed E-state index contributed by atoms with van der Waals surface area (Å²) in [7, 11) is 4.11. The molecule has 0 unspecified atom stereocenters. The fourth-order valence-electron chi connectivity index (χ4n) is 0. The van der Waals surface area contributed by atoms with Crippen LogP contribution in [0.1, 0.15) is 13.8 Å². The molecule has 0 heterocycles. The van der Waals surface area contributed by atoms with Crippen LogP contribution in [0.15, 0.2) is 0 Å². The monoisotopic (exact) mass is 300 g/mol. The normalized spacial score (nSPS) is 6.67. The van der Waals surface area contributed by atoms with Crippen molar-refractivity contribution in [2.45, 2.75) is 13.8 Å². The maximum Gasteiger partial charge on any atom is 4.00 e. The fourth-order valence-corrected chi connectivity index (χ4v) is 0. The largest absolute Gasteiger partial charge is 4.00 e. The van der Waals surface area contributed by atoms with E-state index in [0.717, 1.165) is 0 Å². The Balaban J connectivity index is -0.0000000720. The van der Waals surface area contributed by atoms with Crippen LogP contribution in [0.2, 0.25) is 0 Å². The molecule has 0 saturated heterocycles. The van der Waals surface area contributed by atoms with Crippen molar-refractivity contribution in [3.63, 3.8) is 0 Å². The molecule has 0 radical (unpaired) electrons. The number of rotatable bonds is 2. The Kier molecular flexibility index (Phi) is 42.4. The molecule has 0 amide bonds. The molecule has 4 N–H and O–H groups in total. The van der Waals surface area contributed by atoms with Crippen LogP contribution < -0.4 is 10.6 Å². The summed E-state index contributed by atoms with van der Waals surface area (Å²) in [5.74, 6) is 0. The molecule has 0 spiro atoms. The van der Waals surface area contributed by atoms with E-state index in [0.29, 0.717) is 0 Å². The van der Waals surface area contributed by atoms with Gasteiger partial charge in [-0.25, -0.2) is 0 Å². The van der Waals surface area contributed by atoms with Crippen molar-refractivity contribution in [2.75, 3.05) is 27.2 Å². The maximum atomic E-state index is 2.12. The van der Waals surface area contributed by atoms with Crippen LogP contribution in [-0.2, 0) is 25.8 Å². The summed E-state index contributed by atoms with van der Waals surface area (Å²) in [4.78, 5) is 0. The molecule has 0 aliphatic carbocycles. The van der Waals surface area contributed by atoms with Gasteiger partial charge in [-0.05, 0) is 13.8 Å². The molecule has 3 heteroatoms. The zero-order valence-corrected chi connectivity index (χ0v) is 10.7. The smallest absolute Gasteiger partial charge is 0.349 e. The summed E-state index contributed by atoms with van der Waals surface area (Å²) in [5, 5.41) is 4.25. The minimum absolute atomic E-state index is 0. The summed E-state index contributed by atoms with van der Waals surface area (Å²) >= 11 is 0. The predicted octanol–water partition coefficient (Wildman–Crippen LogP) is -1.60. The molecule has 0 fully saturated rings. The summed E-state index contributed by atoms with van der Waals surface area (Å²) in [6.45, 7) is 6.64. The summed E-state index contributed by atoms with van der Waals surface area (Å²) in [6.07, 6.45) is 0. The number of nitrogens with two attached hydrogens (primary N) is 2. The van der Waals surface area contributed by atoms with E-state index >= 15 is 0 Å². The Morgan fingerprint density at radius 3 is 1.00 bits per heavy atom. The molecule has 0 aliphatic rings. The molecule has 9 heavy (non-hydrogen) atoms. The van der Waals surface area contributed by atoms with Crippen LogP contribution in [0.4, 0.5) is 0 Å². The van der Waals surface area contributed by atoms with Crippen molar-refractivity contribution in [3.8, 4) is 0 Å². The first-order valence-electron chi connectivity index (χ1n) is 3.39. The van der Waals surface area contributed by atoms with E-state index in [2.05, 4.69) is 38.6 Å². The maximum absolute atomic E-state index is 2.12. The molecule has 0 bridgehead atoms. The van der Waals surface area contributed by atoms with E-state index in [1.807, 2.05) is 0 Å². The second-order valence-electron chi connectivity index (χ2n) is 1.63. The summed E-state index contributed by atoms with van der Waals surface area (Å²) in [5.41, 5.74) is 0. The third-order valence-electron chi connectivity index (χ3n) is 0.816. The van der Waals surface area contributed by atoms with Crippen molar-refractivity contribution in [3.05, 3.63) is 0 Å². The topological polar surface area (TPSA) is 33.2 Å². The van der Waals surface area contributed by atoms with Gasteiger partial charge in [-0.1, -0.05) is 0 Å². The van der Waals surface area contributed by atoms with Gasteiger partial charge in [-0.3, -0.25) is 0 Å². The molecule has 2 nitrogen and oxygen atoms in total.